The number of nitrogens with one attached hydrogen (secondary N) is 1. The molecule has 0 bridgehead atoms. The Labute approximate surface area is 192 Å². The smallest absolute Gasteiger partial charge is 0.273 e. The zero-order valence-electron chi connectivity index (χ0n) is 19.5. The van der Waals surface area contributed by atoms with Crippen LogP contribution >= 0.6 is 0 Å². The average Bonchev–Trinajstić information content (AvgIpc) is 3.40. The van der Waals surface area contributed by atoms with E-state index in [2.05, 4.69) is 15.5 Å². The van der Waals surface area contributed by atoms with Crippen LogP contribution in [-0.4, -0.2) is 55.4 Å². The molecule has 1 aromatic carbocycles. The summed E-state index contributed by atoms with van der Waals surface area (Å²) in [5.41, 5.74) is 4.27. The minimum absolute atomic E-state index is 0.229. The van der Waals surface area contributed by atoms with E-state index >= 15 is 0 Å². The first-order valence-electron chi connectivity index (χ1n) is 10.9. The normalized spacial score (nSPS) is 11.1. The van der Waals surface area contributed by atoms with Gasteiger partial charge in [0.15, 0.2) is 0 Å². The summed E-state index contributed by atoms with van der Waals surface area (Å²) in [6, 6.07) is 9.29. The number of carbonyl (C=O) groups is 2. The van der Waals surface area contributed by atoms with Crippen LogP contribution in [0.25, 0.3) is 22.2 Å². The van der Waals surface area contributed by atoms with Gasteiger partial charge in [-0.2, -0.15) is 10.2 Å². The lowest BCUT2D eigenvalue weighted by Crippen LogP contribution is -2.26. The molecule has 9 nitrogen and oxygen atoms in total. The van der Waals surface area contributed by atoms with E-state index in [-0.39, 0.29) is 11.8 Å². The first-order chi connectivity index (χ1) is 15.8. The predicted molar refractivity (Wildman–Crippen MR) is 127 cm³/mol. The summed E-state index contributed by atoms with van der Waals surface area (Å²) in [5, 5.41) is 12.4. The van der Waals surface area contributed by atoms with Crippen LogP contribution in [0.5, 0.6) is 0 Å². The van der Waals surface area contributed by atoms with E-state index in [4.69, 9.17) is 4.98 Å². The van der Waals surface area contributed by atoms with E-state index in [9.17, 15) is 9.59 Å². The average molecular weight is 446 g/mol. The maximum Gasteiger partial charge on any atom is 0.273 e. The number of aromatic nitrogens is 5. The van der Waals surface area contributed by atoms with Gasteiger partial charge >= 0.3 is 0 Å². The number of aryl methyl sites for hydroxylation is 3. The zero-order valence-corrected chi connectivity index (χ0v) is 19.5. The van der Waals surface area contributed by atoms with Gasteiger partial charge in [-0.05, 0) is 32.9 Å². The number of pyridine rings is 1. The second-order valence-electron chi connectivity index (χ2n) is 7.93. The van der Waals surface area contributed by atoms with Gasteiger partial charge in [0.2, 0.25) is 0 Å². The summed E-state index contributed by atoms with van der Waals surface area (Å²) in [5.74, 6) is -0.564. The molecule has 0 saturated heterocycles. The van der Waals surface area contributed by atoms with Crippen LogP contribution in [0.4, 0.5) is 5.69 Å². The molecule has 2 amide bonds. The van der Waals surface area contributed by atoms with Crippen LogP contribution in [0.15, 0.2) is 42.7 Å². The second-order valence-corrected chi connectivity index (χ2v) is 7.93. The van der Waals surface area contributed by atoms with Crippen molar-refractivity contribution in [2.45, 2.75) is 33.9 Å². The molecule has 0 saturated carbocycles. The number of nitrogens with zero attached hydrogens (tertiary/aromatic N) is 6. The van der Waals surface area contributed by atoms with Crippen LogP contribution in [0.2, 0.25) is 0 Å². The Morgan fingerprint density at radius 1 is 1.12 bits per heavy atom. The minimum atomic E-state index is -0.334. The lowest BCUT2D eigenvalue weighted by atomic mass is 10.0. The van der Waals surface area contributed by atoms with Crippen molar-refractivity contribution in [3.63, 3.8) is 0 Å². The summed E-state index contributed by atoms with van der Waals surface area (Å²) >= 11 is 0. The maximum atomic E-state index is 13.5. The van der Waals surface area contributed by atoms with Gasteiger partial charge in [-0.15, -0.1) is 0 Å². The zero-order chi connectivity index (χ0) is 23.7. The molecule has 0 atom stereocenters. The molecular weight excluding hydrogens is 418 g/mol. The predicted octanol–water partition coefficient (Wildman–Crippen LogP) is 3.60. The molecule has 1 N–H and O–H groups in total. The fourth-order valence-electron chi connectivity index (χ4n) is 3.78. The Morgan fingerprint density at radius 3 is 2.55 bits per heavy atom. The van der Waals surface area contributed by atoms with E-state index in [1.54, 1.807) is 24.8 Å². The molecule has 0 spiro atoms. The van der Waals surface area contributed by atoms with Crippen LogP contribution in [0.1, 0.15) is 40.4 Å². The summed E-state index contributed by atoms with van der Waals surface area (Å²) in [6.07, 6.45) is 3.45. The fraction of sp³-hybridized carbons (Fsp3) is 0.292. The summed E-state index contributed by atoms with van der Waals surface area (Å²) in [4.78, 5) is 32.5. The molecule has 4 aromatic rings. The molecule has 0 aliphatic carbocycles. The van der Waals surface area contributed by atoms with Crippen molar-refractivity contribution in [1.29, 1.82) is 0 Å². The highest BCUT2D eigenvalue weighted by atomic mass is 16.2. The maximum absolute atomic E-state index is 13.5. The van der Waals surface area contributed by atoms with Gasteiger partial charge in [0, 0.05) is 44.3 Å². The monoisotopic (exact) mass is 445 g/mol. The number of fused-ring (bicyclic) bond motifs is 1. The first-order valence-corrected chi connectivity index (χ1v) is 10.9. The molecule has 0 fully saturated rings. The largest absolute Gasteiger partial charge is 0.343 e. The topological polar surface area (TPSA) is 97.9 Å². The molecule has 33 heavy (non-hydrogen) atoms. The first kappa shape index (κ1) is 22.2. The SMILES string of the molecule is CCn1cc(-c2cc(C(=O)Nc3cnn(CC)c3C(=O)N(C)C)c3ccccc3n2)c(C)n1. The van der Waals surface area contributed by atoms with Gasteiger partial charge in [-0.3, -0.25) is 19.0 Å². The number of hydrogen-bond donors (Lipinski definition) is 1. The van der Waals surface area contributed by atoms with Crippen molar-refractivity contribution in [1.82, 2.24) is 29.4 Å². The van der Waals surface area contributed by atoms with Crippen molar-refractivity contribution in [2.24, 2.45) is 0 Å². The van der Waals surface area contributed by atoms with Gasteiger partial charge in [0.25, 0.3) is 11.8 Å². The van der Waals surface area contributed by atoms with E-state index in [0.717, 1.165) is 23.2 Å². The molecule has 3 heterocycles. The Morgan fingerprint density at radius 2 is 1.88 bits per heavy atom. The lowest BCUT2D eigenvalue weighted by molar-refractivity contribution is 0.0816. The number of amides is 2. The van der Waals surface area contributed by atoms with Gasteiger partial charge in [0.05, 0.1) is 34.4 Å². The van der Waals surface area contributed by atoms with Crippen LogP contribution in [0.3, 0.4) is 0 Å². The number of rotatable bonds is 6. The van der Waals surface area contributed by atoms with Crippen molar-refractivity contribution in [2.75, 3.05) is 19.4 Å². The fourth-order valence-corrected chi connectivity index (χ4v) is 3.78. The Kier molecular flexibility index (Phi) is 5.95. The third-order valence-corrected chi connectivity index (χ3v) is 5.50. The van der Waals surface area contributed by atoms with Crippen LogP contribution < -0.4 is 5.32 Å². The Hall–Kier alpha value is -4.01. The number of hydrogen-bond acceptors (Lipinski definition) is 5. The lowest BCUT2D eigenvalue weighted by Gasteiger charge is -2.14. The van der Waals surface area contributed by atoms with Crippen LogP contribution in [-0.2, 0) is 13.1 Å². The summed E-state index contributed by atoms with van der Waals surface area (Å²) < 4.78 is 3.43. The van der Waals surface area contributed by atoms with Crippen LogP contribution in [0, 0.1) is 6.92 Å². The van der Waals surface area contributed by atoms with Gasteiger partial charge in [0.1, 0.15) is 5.69 Å². The third-order valence-electron chi connectivity index (χ3n) is 5.50. The molecule has 4 rings (SSSR count). The Balaban J connectivity index is 1.80. The molecule has 0 unspecified atom stereocenters. The van der Waals surface area contributed by atoms with Crippen molar-refractivity contribution in [3.8, 4) is 11.3 Å². The van der Waals surface area contributed by atoms with Crippen molar-refractivity contribution < 1.29 is 9.59 Å². The summed E-state index contributed by atoms with van der Waals surface area (Å²) in [6.45, 7) is 7.09. The van der Waals surface area contributed by atoms with Gasteiger partial charge in [-0.1, -0.05) is 18.2 Å². The van der Waals surface area contributed by atoms with Crippen molar-refractivity contribution >= 4 is 28.4 Å². The molecule has 9 heteroatoms. The third kappa shape index (κ3) is 4.09. The quantitative estimate of drug-likeness (QED) is 0.489. The standard InChI is InChI=1S/C24H27N7O2/c1-6-30-14-18(15(3)28-30)20-12-17(16-10-8-9-11-19(16)26-20)23(32)27-21-13-25-31(7-2)22(21)24(33)29(4)5/h8-14H,6-7H2,1-5H3,(H,27,32). The highest BCUT2D eigenvalue weighted by Crippen LogP contribution is 2.28. The molecule has 0 aliphatic rings. The molecule has 0 radical (unpaired) electrons. The number of benzene rings is 1. The molecule has 0 aliphatic heterocycles. The van der Waals surface area contributed by atoms with Crippen molar-refractivity contribution in [3.05, 3.63) is 59.7 Å². The second kappa shape index (κ2) is 8.85. The van der Waals surface area contributed by atoms with Gasteiger partial charge < -0.3 is 10.2 Å². The van der Waals surface area contributed by atoms with E-state index in [0.29, 0.717) is 34.7 Å². The Bertz CT molecular complexity index is 1350. The molecule has 170 valence electrons. The van der Waals surface area contributed by atoms with E-state index in [1.165, 1.54) is 11.1 Å². The highest BCUT2D eigenvalue weighted by Gasteiger charge is 2.23. The summed E-state index contributed by atoms with van der Waals surface area (Å²) in [7, 11) is 3.34. The molecular formula is C24H27N7O2. The van der Waals surface area contributed by atoms with E-state index in [1.807, 2.05) is 55.9 Å². The van der Waals surface area contributed by atoms with E-state index < -0.39 is 0 Å². The number of carbonyl (C=O) groups excluding carboxylic acids is 2. The van der Waals surface area contributed by atoms with Gasteiger partial charge in [-0.25, -0.2) is 4.98 Å². The number of anilines is 1. The number of para-hydroxylation sites is 1. The minimum Gasteiger partial charge on any atom is -0.343 e. The highest BCUT2D eigenvalue weighted by molar-refractivity contribution is 6.14. The molecule has 3 aromatic heterocycles.